The van der Waals surface area contributed by atoms with Crippen LogP contribution in [0.1, 0.15) is 51.0 Å². The molecular formula is C25H35N5. The number of aromatic nitrogens is 1. The predicted octanol–water partition coefficient (Wildman–Crippen LogP) is 4.21. The Labute approximate surface area is 181 Å². The van der Waals surface area contributed by atoms with Gasteiger partial charge in [0.15, 0.2) is 5.96 Å². The Morgan fingerprint density at radius 2 is 1.90 bits per heavy atom. The average Bonchev–Trinajstić information content (AvgIpc) is 3.34. The molecule has 2 aromatic rings. The summed E-state index contributed by atoms with van der Waals surface area (Å²) in [6.07, 6.45) is 9.89. The SMILES string of the molecule is CCNC(=NCc1cccc(-c2ccccn2)c1)NC1CCN(C2CCCC2)CC1. The molecule has 2 aliphatic rings. The van der Waals surface area contributed by atoms with Crippen molar-refractivity contribution in [1.82, 2.24) is 20.5 Å². The van der Waals surface area contributed by atoms with Gasteiger partial charge in [0.1, 0.15) is 0 Å². The number of hydrogen-bond acceptors (Lipinski definition) is 3. The van der Waals surface area contributed by atoms with Crippen LogP contribution in [-0.4, -0.2) is 47.6 Å². The summed E-state index contributed by atoms with van der Waals surface area (Å²) in [7, 11) is 0. The van der Waals surface area contributed by atoms with E-state index in [2.05, 4.69) is 51.7 Å². The smallest absolute Gasteiger partial charge is 0.191 e. The summed E-state index contributed by atoms with van der Waals surface area (Å²) in [4.78, 5) is 12.1. The Bertz CT molecular complexity index is 805. The first-order valence-electron chi connectivity index (χ1n) is 11.6. The molecule has 1 aromatic heterocycles. The van der Waals surface area contributed by atoms with Crippen molar-refractivity contribution in [3.8, 4) is 11.3 Å². The van der Waals surface area contributed by atoms with Crippen LogP contribution in [0.5, 0.6) is 0 Å². The van der Waals surface area contributed by atoms with Gasteiger partial charge in [-0.2, -0.15) is 0 Å². The summed E-state index contributed by atoms with van der Waals surface area (Å²) in [6, 6.07) is 15.9. The molecule has 0 radical (unpaired) electrons. The van der Waals surface area contributed by atoms with E-state index in [1.54, 1.807) is 0 Å². The van der Waals surface area contributed by atoms with Crippen LogP contribution in [0.3, 0.4) is 0 Å². The Hall–Kier alpha value is -2.40. The van der Waals surface area contributed by atoms with Gasteiger partial charge in [0, 0.05) is 43.5 Å². The lowest BCUT2D eigenvalue weighted by Crippen LogP contribution is -2.50. The highest BCUT2D eigenvalue weighted by Crippen LogP contribution is 2.26. The molecule has 0 unspecified atom stereocenters. The molecular weight excluding hydrogens is 370 g/mol. The number of likely N-dealkylation sites (tertiary alicyclic amines) is 1. The molecule has 0 bridgehead atoms. The molecule has 1 aromatic carbocycles. The highest BCUT2D eigenvalue weighted by Gasteiger charge is 2.27. The minimum Gasteiger partial charge on any atom is -0.357 e. The van der Waals surface area contributed by atoms with Gasteiger partial charge in [-0.1, -0.05) is 37.1 Å². The molecule has 5 nitrogen and oxygen atoms in total. The first kappa shape index (κ1) is 20.9. The number of nitrogens with one attached hydrogen (secondary N) is 2. The molecule has 0 atom stereocenters. The van der Waals surface area contributed by atoms with Gasteiger partial charge < -0.3 is 15.5 Å². The quantitative estimate of drug-likeness (QED) is 0.558. The van der Waals surface area contributed by atoms with E-state index in [0.29, 0.717) is 12.6 Å². The van der Waals surface area contributed by atoms with Gasteiger partial charge in [0.2, 0.25) is 0 Å². The monoisotopic (exact) mass is 405 g/mol. The molecule has 1 saturated heterocycles. The molecule has 1 aliphatic carbocycles. The largest absolute Gasteiger partial charge is 0.357 e. The molecule has 4 rings (SSSR count). The standard InChI is InChI=1S/C25H35N5/c1-2-26-25(29-22-13-16-30(17-14-22)23-10-3-4-11-23)28-19-20-8-7-9-21(18-20)24-12-5-6-15-27-24/h5-9,12,15,18,22-23H,2-4,10-11,13-14,16-17,19H2,1H3,(H2,26,28,29). The second-order valence-electron chi connectivity index (χ2n) is 8.50. The summed E-state index contributed by atoms with van der Waals surface area (Å²) >= 11 is 0. The van der Waals surface area contributed by atoms with Crippen LogP contribution in [0.4, 0.5) is 0 Å². The number of nitrogens with zero attached hydrogens (tertiary/aromatic N) is 3. The molecule has 2 N–H and O–H groups in total. The second-order valence-corrected chi connectivity index (χ2v) is 8.50. The van der Waals surface area contributed by atoms with Gasteiger partial charge in [-0.15, -0.1) is 0 Å². The van der Waals surface area contributed by atoms with Crippen LogP contribution in [0, 0.1) is 0 Å². The van der Waals surface area contributed by atoms with Crippen LogP contribution in [-0.2, 0) is 6.54 Å². The third-order valence-electron chi connectivity index (χ3n) is 6.36. The highest BCUT2D eigenvalue weighted by molar-refractivity contribution is 5.80. The fourth-order valence-corrected chi connectivity index (χ4v) is 4.72. The van der Waals surface area contributed by atoms with Gasteiger partial charge in [-0.25, -0.2) is 4.99 Å². The summed E-state index contributed by atoms with van der Waals surface area (Å²) in [6.45, 7) is 6.10. The molecule has 2 heterocycles. The van der Waals surface area contributed by atoms with E-state index in [4.69, 9.17) is 4.99 Å². The van der Waals surface area contributed by atoms with E-state index < -0.39 is 0 Å². The Morgan fingerprint density at radius 3 is 2.63 bits per heavy atom. The highest BCUT2D eigenvalue weighted by atomic mass is 15.2. The topological polar surface area (TPSA) is 52.6 Å². The lowest BCUT2D eigenvalue weighted by molar-refractivity contribution is 0.150. The zero-order valence-corrected chi connectivity index (χ0v) is 18.2. The third kappa shape index (κ3) is 5.60. The minimum absolute atomic E-state index is 0.514. The summed E-state index contributed by atoms with van der Waals surface area (Å²) in [5, 5.41) is 7.11. The fraction of sp³-hybridized carbons (Fsp3) is 0.520. The van der Waals surface area contributed by atoms with Gasteiger partial charge in [0.05, 0.1) is 12.2 Å². The van der Waals surface area contributed by atoms with Crippen molar-refractivity contribution in [3.05, 3.63) is 54.2 Å². The van der Waals surface area contributed by atoms with Crippen molar-refractivity contribution in [2.75, 3.05) is 19.6 Å². The van der Waals surface area contributed by atoms with E-state index in [0.717, 1.165) is 29.8 Å². The van der Waals surface area contributed by atoms with Crippen molar-refractivity contribution >= 4 is 5.96 Å². The molecule has 1 saturated carbocycles. The van der Waals surface area contributed by atoms with Crippen LogP contribution in [0.25, 0.3) is 11.3 Å². The molecule has 1 aliphatic heterocycles. The van der Waals surface area contributed by atoms with Crippen molar-refractivity contribution in [2.24, 2.45) is 4.99 Å². The van der Waals surface area contributed by atoms with Crippen LogP contribution >= 0.6 is 0 Å². The van der Waals surface area contributed by atoms with Gasteiger partial charge in [-0.05, 0) is 56.4 Å². The van der Waals surface area contributed by atoms with E-state index in [1.165, 1.54) is 57.2 Å². The maximum absolute atomic E-state index is 4.87. The van der Waals surface area contributed by atoms with Crippen LogP contribution in [0.2, 0.25) is 0 Å². The lowest BCUT2D eigenvalue weighted by Gasteiger charge is -2.36. The van der Waals surface area contributed by atoms with Crippen molar-refractivity contribution in [3.63, 3.8) is 0 Å². The molecule has 0 spiro atoms. The first-order chi connectivity index (χ1) is 14.8. The Kier molecular flexibility index (Phi) is 7.35. The molecule has 160 valence electrons. The Morgan fingerprint density at radius 1 is 1.07 bits per heavy atom. The number of piperidine rings is 1. The summed E-state index contributed by atoms with van der Waals surface area (Å²) in [5.74, 6) is 0.931. The number of guanidine groups is 1. The summed E-state index contributed by atoms with van der Waals surface area (Å²) < 4.78 is 0. The van der Waals surface area contributed by atoms with E-state index in [-0.39, 0.29) is 0 Å². The predicted molar refractivity (Wildman–Crippen MR) is 124 cm³/mol. The van der Waals surface area contributed by atoms with E-state index in [1.807, 2.05) is 24.4 Å². The van der Waals surface area contributed by atoms with Crippen molar-refractivity contribution in [2.45, 2.75) is 64.1 Å². The van der Waals surface area contributed by atoms with E-state index >= 15 is 0 Å². The van der Waals surface area contributed by atoms with E-state index in [9.17, 15) is 0 Å². The lowest BCUT2D eigenvalue weighted by atomic mass is 10.0. The van der Waals surface area contributed by atoms with Crippen LogP contribution in [0.15, 0.2) is 53.7 Å². The molecule has 30 heavy (non-hydrogen) atoms. The fourth-order valence-electron chi connectivity index (χ4n) is 4.72. The minimum atomic E-state index is 0.514. The number of rotatable bonds is 6. The van der Waals surface area contributed by atoms with Crippen molar-refractivity contribution < 1.29 is 0 Å². The van der Waals surface area contributed by atoms with Gasteiger partial charge >= 0.3 is 0 Å². The van der Waals surface area contributed by atoms with Crippen LogP contribution < -0.4 is 10.6 Å². The summed E-state index contributed by atoms with van der Waals surface area (Å²) in [5.41, 5.74) is 3.34. The number of benzene rings is 1. The number of pyridine rings is 1. The molecule has 0 amide bonds. The number of aliphatic imine (C=N–C) groups is 1. The zero-order chi connectivity index (χ0) is 20.6. The van der Waals surface area contributed by atoms with Crippen molar-refractivity contribution in [1.29, 1.82) is 0 Å². The normalized spacial score (nSPS) is 19.2. The zero-order valence-electron chi connectivity index (χ0n) is 18.2. The maximum atomic E-state index is 4.87. The van der Waals surface area contributed by atoms with Gasteiger partial charge in [0.25, 0.3) is 0 Å². The first-order valence-corrected chi connectivity index (χ1v) is 11.6. The third-order valence-corrected chi connectivity index (χ3v) is 6.36. The average molecular weight is 406 g/mol. The molecule has 5 heteroatoms. The Balaban J connectivity index is 1.34. The number of hydrogen-bond donors (Lipinski definition) is 2. The maximum Gasteiger partial charge on any atom is 0.191 e. The second kappa shape index (κ2) is 10.6. The molecule has 2 fully saturated rings. The van der Waals surface area contributed by atoms with Gasteiger partial charge in [-0.3, -0.25) is 4.98 Å².